The zero-order valence-corrected chi connectivity index (χ0v) is 15.0. The Morgan fingerprint density at radius 2 is 1.88 bits per heavy atom. The lowest BCUT2D eigenvalue weighted by atomic mass is 10.0. The van der Waals surface area contributed by atoms with Gasteiger partial charge in [-0.1, -0.05) is 38.1 Å². The third-order valence-corrected chi connectivity index (χ3v) is 4.62. The molecule has 0 bridgehead atoms. The lowest BCUT2D eigenvalue weighted by Gasteiger charge is -2.20. The SMILES string of the molecule is CC(C)c1ncc2c(n1)-c1ccccc1CN(Cc1cnn(C)c1)C2. The maximum atomic E-state index is 4.91. The topological polar surface area (TPSA) is 46.8 Å². The van der Waals surface area contributed by atoms with E-state index in [1.165, 1.54) is 22.3 Å². The standard InChI is InChI=1S/C20H23N5/c1-14(2)20-21-9-17-13-25(11-15-8-22-24(3)10-15)12-16-6-4-5-7-18(16)19(17)23-20/h4-10,14H,11-13H2,1-3H3. The number of fused-ring (bicyclic) bond motifs is 3. The van der Waals surface area contributed by atoms with Crippen molar-refractivity contribution in [2.45, 2.75) is 39.4 Å². The molecule has 0 amide bonds. The first-order chi connectivity index (χ1) is 12.1. The van der Waals surface area contributed by atoms with Gasteiger partial charge in [0.1, 0.15) is 5.82 Å². The molecule has 1 aliphatic heterocycles. The lowest BCUT2D eigenvalue weighted by molar-refractivity contribution is 0.250. The van der Waals surface area contributed by atoms with Gasteiger partial charge >= 0.3 is 0 Å². The van der Waals surface area contributed by atoms with Crippen LogP contribution in [0.15, 0.2) is 42.9 Å². The Kier molecular flexibility index (Phi) is 4.09. The van der Waals surface area contributed by atoms with Gasteiger partial charge in [-0.25, -0.2) is 9.97 Å². The molecule has 1 aromatic carbocycles. The minimum Gasteiger partial charge on any atom is -0.290 e. The third kappa shape index (κ3) is 3.20. The molecule has 0 unspecified atom stereocenters. The van der Waals surface area contributed by atoms with Crippen molar-refractivity contribution in [2.24, 2.45) is 7.05 Å². The highest BCUT2D eigenvalue weighted by Crippen LogP contribution is 2.32. The van der Waals surface area contributed by atoms with E-state index in [9.17, 15) is 0 Å². The van der Waals surface area contributed by atoms with Gasteiger partial charge in [-0.3, -0.25) is 9.58 Å². The van der Waals surface area contributed by atoms with Crippen molar-refractivity contribution >= 4 is 0 Å². The van der Waals surface area contributed by atoms with Gasteiger partial charge < -0.3 is 0 Å². The largest absolute Gasteiger partial charge is 0.290 e. The maximum absolute atomic E-state index is 4.91. The summed E-state index contributed by atoms with van der Waals surface area (Å²) in [5.74, 6) is 1.24. The molecule has 0 saturated heterocycles. The molecule has 5 heteroatoms. The average Bonchev–Trinajstić information content (AvgIpc) is 2.93. The van der Waals surface area contributed by atoms with E-state index in [4.69, 9.17) is 4.98 Å². The molecule has 0 spiro atoms. The predicted molar refractivity (Wildman–Crippen MR) is 97.7 cm³/mol. The molecule has 3 heterocycles. The summed E-state index contributed by atoms with van der Waals surface area (Å²) in [6.45, 7) is 6.89. The van der Waals surface area contributed by atoms with Crippen LogP contribution in [0.1, 0.15) is 42.3 Å². The first kappa shape index (κ1) is 16.0. The smallest absolute Gasteiger partial charge is 0.131 e. The Morgan fingerprint density at radius 1 is 1.08 bits per heavy atom. The summed E-state index contributed by atoms with van der Waals surface area (Å²) in [5, 5.41) is 4.29. The molecule has 4 rings (SSSR count). The number of aromatic nitrogens is 4. The van der Waals surface area contributed by atoms with Crippen molar-refractivity contribution in [3.63, 3.8) is 0 Å². The number of hydrogen-bond donors (Lipinski definition) is 0. The predicted octanol–water partition coefficient (Wildman–Crippen LogP) is 3.52. The van der Waals surface area contributed by atoms with E-state index in [-0.39, 0.29) is 0 Å². The van der Waals surface area contributed by atoms with Gasteiger partial charge in [-0.05, 0) is 5.56 Å². The summed E-state index contributed by atoms with van der Waals surface area (Å²) in [5.41, 5.74) is 6.05. The number of hydrogen-bond acceptors (Lipinski definition) is 4. The monoisotopic (exact) mass is 333 g/mol. The Labute approximate surface area is 148 Å². The summed E-state index contributed by atoms with van der Waals surface area (Å²) in [4.78, 5) is 11.9. The first-order valence-electron chi connectivity index (χ1n) is 8.74. The highest BCUT2D eigenvalue weighted by Gasteiger charge is 2.22. The Morgan fingerprint density at radius 3 is 2.64 bits per heavy atom. The van der Waals surface area contributed by atoms with E-state index >= 15 is 0 Å². The van der Waals surface area contributed by atoms with Crippen molar-refractivity contribution in [3.8, 4) is 11.3 Å². The van der Waals surface area contributed by atoms with E-state index < -0.39 is 0 Å². The van der Waals surface area contributed by atoms with Crippen molar-refractivity contribution in [1.82, 2.24) is 24.6 Å². The number of aryl methyl sites for hydroxylation is 1. The minimum absolute atomic E-state index is 0.326. The fraction of sp³-hybridized carbons (Fsp3) is 0.350. The van der Waals surface area contributed by atoms with E-state index in [0.29, 0.717) is 5.92 Å². The highest BCUT2D eigenvalue weighted by molar-refractivity contribution is 5.67. The second-order valence-corrected chi connectivity index (χ2v) is 7.08. The van der Waals surface area contributed by atoms with Gasteiger partial charge in [-0.15, -0.1) is 0 Å². The summed E-state index contributed by atoms with van der Waals surface area (Å²) in [7, 11) is 1.96. The molecule has 0 saturated carbocycles. The van der Waals surface area contributed by atoms with Gasteiger partial charge in [0, 0.05) is 61.7 Å². The van der Waals surface area contributed by atoms with Crippen LogP contribution in [-0.2, 0) is 26.7 Å². The molecule has 0 fully saturated rings. The molecular formula is C20H23N5. The first-order valence-corrected chi connectivity index (χ1v) is 8.74. The van der Waals surface area contributed by atoms with E-state index in [1.54, 1.807) is 0 Å². The van der Waals surface area contributed by atoms with Crippen LogP contribution < -0.4 is 0 Å². The normalized spacial score (nSPS) is 14.2. The van der Waals surface area contributed by atoms with Gasteiger partial charge in [-0.2, -0.15) is 5.10 Å². The summed E-state index contributed by atoms with van der Waals surface area (Å²) in [6, 6.07) is 8.59. The van der Waals surface area contributed by atoms with Crippen molar-refractivity contribution in [3.05, 3.63) is 65.4 Å². The maximum Gasteiger partial charge on any atom is 0.131 e. The molecule has 25 heavy (non-hydrogen) atoms. The van der Waals surface area contributed by atoms with E-state index in [2.05, 4.69) is 59.3 Å². The summed E-state index contributed by atoms with van der Waals surface area (Å²) >= 11 is 0. The Bertz CT molecular complexity index is 897. The fourth-order valence-corrected chi connectivity index (χ4v) is 3.40. The van der Waals surface area contributed by atoms with Gasteiger partial charge in [0.25, 0.3) is 0 Å². The average molecular weight is 333 g/mol. The Balaban J connectivity index is 1.75. The number of benzene rings is 1. The molecule has 2 aromatic heterocycles. The van der Waals surface area contributed by atoms with Crippen LogP contribution in [0.25, 0.3) is 11.3 Å². The molecule has 5 nitrogen and oxygen atoms in total. The van der Waals surface area contributed by atoms with E-state index in [1.807, 2.05) is 24.1 Å². The molecular weight excluding hydrogens is 310 g/mol. The highest BCUT2D eigenvalue weighted by atomic mass is 15.2. The second-order valence-electron chi connectivity index (χ2n) is 7.08. The summed E-state index contributed by atoms with van der Waals surface area (Å²) < 4.78 is 1.85. The van der Waals surface area contributed by atoms with Crippen LogP contribution in [0.5, 0.6) is 0 Å². The van der Waals surface area contributed by atoms with Crippen molar-refractivity contribution in [1.29, 1.82) is 0 Å². The molecule has 0 atom stereocenters. The van der Waals surface area contributed by atoms with Gasteiger partial charge in [0.2, 0.25) is 0 Å². The molecule has 0 radical (unpaired) electrons. The second kappa shape index (κ2) is 6.41. The Hall–Kier alpha value is -2.53. The van der Waals surface area contributed by atoms with Crippen LogP contribution in [0.3, 0.4) is 0 Å². The van der Waals surface area contributed by atoms with Crippen LogP contribution >= 0.6 is 0 Å². The van der Waals surface area contributed by atoms with Crippen LogP contribution in [0.2, 0.25) is 0 Å². The summed E-state index contributed by atoms with van der Waals surface area (Å²) in [6.07, 6.45) is 6.03. The van der Waals surface area contributed by atoms with E-state index in [0.717, 1.165) is 31.2 Å². The number of nitrogens with zero attached hydrogens (tertiary/aromatic N) is 5. The molecule has 1 aliphatic rings. The quantitative estimate of drug-likeness (QED) is 0.736. The fourth-order valence-electron chi connectivity index (χ4n) is 3.40. The molecule has 3 aromatic rings. The van der Waals surface area contributed by atoms with Crippen LogP contribution in [0, 0.1) is 0 Å². The van der Waals surface area contributed by atoms with Crippen LogP contribution in [0.4, 0.5) is 0 Å². The number of rotatable bonds is 3. The molecule has 0 N–H and O–H groups in total. The zero-order valence-electron chi connectivity index (χ0n) is 15.0. The lowest BCUT2D eigenvalue weighted by Crippen LogP contribution is -2.21. The van der Waals surface area contributed by atoms with Gasteiger partial charge in [0.15, 0.2) is 0 Å². The van der Waals surface area contributed by atoms with Crippen molar-refractivity contribution in [2.75, 3.05) is 0 Å². The third-order valence-electron chi connectivity index (χ3n) is 4.62. The zero-order chi connectivity index (χ0) is 17.4. The van der Waals surface area contributed by atoms with Crippen molar-refractivity contribution < 1.29 is 0 Å². The molecule has 128 valence electrons. The van der Waals surface area contributed by atoms with Gasteiger partial charge in [0.05, 0.1) is 11.9 Å². The van der Waals surface area contributed by atoms with Crippen LogP contribution in [-0.4, -0.2) is 24.6 Å². The minimum atomic E-state index is 0.326. The molecule has 0 aliphatic carbocycles.